The molecular formula is C23H34O2. The summed E-state index contributed by atoms with van der Waals surface area (Å²) in [4.78, 5) is 0. The van der Waals surface area contributed by atoms with Crippen molar-refractivity contribution in [3.8, 4) is 11.5 Å². The van der Waals surface area contributed by atoms with Crippen molar-refractivity contribution in [2.45, 2.75) is 58.3 Å². The van der Waals surface area contributed by atoms with Crippen molar-refractivity contribution in [2.24, 2.45) is 0 Å². The third-order valence-electron chi connectivity index (χ3n) is 4.18. The van der Waals surface area contributed by atoms with Gasteiger partial charge in [-0.3, -0.25) is 0 Å². The van der Waals surface area contributed by atoms with E-state index in [1.807, 2.05) is 25.1 Å². The van der Waals surface area contributed by atoms with E-state index in [1.165, 1.54) is 44.1 Å². The smallest absolute Gasteiger partial charge is 0.163 e. The Labute approximate surface area is 154 Å². The van der Waals surface area contributed by atoms with E-state index in [-0.39, 0.29) is 0 Å². The number of benzene rings is 1. The van der Waals surface area contributed by atoms with Crippen LogP contribution in [-0.4, -0.2) is 14.2 Å². The van der Waals surface area contributed by atoms with Gasteiger partial charge in [-0.15, -0.1) is 0 Å². The van der Waals surface area contributed by atoms with Crippen molar-refractivity contribution in [1.29, 1.82) is 0 Å². The molecule has 0 aromatic heterocycles. The topological polar surface area (TPSA) is 18.5 Å². The lowest BCUT2D eigenvalue weighted by Gasteiger charge is -2.12. The Bertz CT molecular complexity index is 541. The first-order chi connectivity index (χ1) is 12.3. The van der Waals surface area contributed by atoms with Gasteiger partial charge in [0, 0.05) is 0 Å². The molecular weight excluding hydrogens is 308 g/mol. The molecule has 1 rings (SSSR count). The number of ether oxygens (including phenoxy) is 2. The molecule has 0 atom stereocenters. The minimum absolute atomic E-state index is 0.826. The number of allylic oxidation sites excluding steroid dienone is 6. The zero-order valence-corrected chi connectivity index (χ0v) is 16.2. The number of para-hydroxylation sites is 1. The number of rotatable bonds is 13. The number of hydrogen-bond acceptors (Lipinski definition) is 2. The standard InChI is InChI=1S/C23H34O2/c1-4-5-6-7-8-9-10-11-12-13-14-15-16-18-21-19-17-20-22(24-2)23(21)25-3/h4-7,9-10,17,19-20H,8,11-16,18H2,1-3H3/b5-4-,7-6+,10-9-. The molecule has 25 heavy (non-hydrogen) atoms. The summed E-state index contributed by atoms with van der Waals surface area (Å²) >= 11 is 0. The summed E-state index contributed by atoms with van der Waals surface area (Å²) < 4.78 is 10.8. The average molecular weight is 343 g/mol. The zero-order chi connectivity index (χ0) is 18.2. The molecule has 2 nitrogen and oxygen atoms in total. The fraction of sp³-hybridized carbons (Fsp3) is 0.478. The van der Waals surface area contributed by atoms with Crippen LogP contribution in [0.25, 0.3) is 0 Å². The van der Waals surface area contributed by atoms with Crippen LogP contribution in [0, 0.1) is 0 Å². The maximum absolute atomic E-state index is 5.49. The molecule has 138 valence electrons. The highest BCUT2D eigenvalue weighted by molar-refractivity contribution is 5.46. The van der Waals surface area contributed by atoms with Crippen LogP contribution < -0.4 is 9.47 Å². The highest BCUT2D eigenvalue weighted by Gasteiger charge is 2.08. The van der Waals surface area contributed by atoms with Gasteiger partial charge in [0.1, 0.15) is 0 Å². The van der Waals surface area contributed by atoms with Gasteiger partial charge in [0.15, 0.2) is 11.5 Å². The first-order valence-electron chi connectivity index (χ1n) is 9.46. The predicted octanol–water partition coefficient (Wildman–Crippen LogP) is 6.67. The molecule has 2 heteroatoms. The Morgan fingerprint density at radius 2 is 1.64 bits per heavy atom. The molecule has 0 bridgehead atoms. The summed E-state index contributed by atoms with van der Waals surface area (Å²) in [7, 11) is 3.40. The van der Waals surface area contributed by atoms with E-state index < -0.39 is 0 Å². The predicted molar refractivity (Wildman–Crippen MR) is 109 cm³/mol. The Balaban J connectivity index is 2.10. The molecule has 0 unspecified atom stereocenters. The quantitative estimate of drug-likeness (QED) is 0.226. The fourth-order valence-electron chi connectivity index (χ4n) is 2.82. The zero-order valence-electron chi connectivity index (χ0n) is 16.2. The van der Waals surface area contributed by atoms with Gasteiger partial charge in [-0.05, 0) is 50.7 Å². The van der Waals surface area contributed by atoms with Crippen LogP contribution in [0.3, 0.4) is 0 Å². The highest BCUT2D eigenvalue weighted by atomic mass is 16.5. The molecule has 0 aliphatic heterocycles. The van der Waals surface area contributed by atoms with E-state index in [2.05, 4.69) is 36.4 Å². The molecule has 1 aromatic rings. The lowest BCUT2D eigenvalue weighted by molar-refractivity contribution is 0.351. The average Bonchev–Trinajstić information content (AvgIpc) is 2.65. The summed E-state index contributed by atoms with van der Waals surface area (Å²) in [5, 5.41) is 0. The van der Waals surface area contributed by atoms with E-state index in [9.17, 15) is 0 Å². The summed E-state index contributed by atoms with van der Waals surface area (Å²) in [6.07, 6.45) is 22.6. The second-order valence-corrected chi connectivity index (χ2v) is 6.12. The van der Waals surface area contributed by atoms with Gasteiger partial charge in [-0.25, -0.2) is 0 Å². The summed E-state index contributed by atoms with van der Waals surface area (Å²) in [6.45, 7) is 2.04. The number of aryl methyl sites for hydroxylation is 1. The maximum atomic E-state index is 5.49. The van der Waals surface area contributed by atoms with Gasteiger partial charge < -0.3 is 9.47 Å². The molecule has 0 saturated carbocycles. The molecule has 1 aromatic carbocycles. The summed E-state index contributed by atoms with van der Waals surface area (Å²) in [5.41, 5.74) is 1.25. The summed E-state index contributed by atoms with van der Waals surface area (Å²) in [6, 6.07) is 6.12. The molecule has 0 aliphatic carbocycles. The van der Waals surface area contributed by atoms with E-state index in [0.717, 1.165) is 24.3 Å². The molecule has 0 N–H and O–H groups in total. The minimum atomic E-state index is 0.826. The normalized spacial score (nSPS) is 11.8. The third kappa shape index (κ3) is 9.19. The Morgan fingerprint density at radius 3 is 2.40 bits per heavy atom. The number of hydrogen-bond donors (Lipinski definition) is 0. The Kier molecular flexibility index (Phi) is 12.1. The lowest BCUT2D eigenvalue weighted by Crippen LogP contribution is -1.96. The second kappa shape index (κ2) is 14.4. The van der Waals surface area contributed by atoms with E-state index >= 15 is 0 Å². The Hall–Kier alpha value is -1.96. The van der Waals surface area contributed by atoms with Crippen LogP contribution >= 0.6 is 0 Å². The van der Waals surface area contributed by atoms with Crippen molar-refractivity contribution in [3.63, 3.8) is 0 Å². The van der Waals surface area contributed by atoms with Crippen molar-refractivity contribution in [1.82, 2.24) is 0 Å². The van der Waals surface area contributed by atoms with Gasteiger partial charge in [0.25, 0.3) is 0 Å². The second-order valence-electron chi connectivity index (χ2n) is 6.12. The molecule has 0 radical (unpaired) electrons. The fourth-order valence-corrected chi connectivity index (χ4v) is 2.82. The van der Waals surface area contributed by atoms with Gasteiger partial charge in [0.05, 0.1) is 14.2 Å². The van der Waals surface area contributed by atoms with Gasteiger partial charge >= 0.3 is 0 Å². The van der Waals surface area contributed by atoms with Crippen molar-refractivity contribution < 1.29 is 9.47 Å². The molecule has 0 saturated heterocycles. The third-order valence-corrected chi connectivity index (χ3v) is 4.18. The monoisotopic (exact) mass is 342 g/mol. The molecule has 0 fully saturated rings. The summed E-state index contributed by atoms with van der Waals surface area (Å²) in [5.74, 6) is 1.71. The first kappa shape index (κ1) is 21.1. The SMILES string of the molecule is C/C=C\C=C\C/C=C\CCCCCCCc1cccc(OC)c1OC. The molecule has 0 spiro atoms. The largest absolute Gasteiger partial charge is 0.493 e. The van der Waals surface area contributed by atoms with Crippen molar-refractivity contribution in [2.75, 3.05) is 14.2 Å². The van der Waals surface area contributed by atoms with Crippen LogP contribution in [0.15, 0.2) is 54.7 Å². The van der Waals surface area contributed by atoms with Crippen LogP contribution in [0.1, 0.15) is 57.4 Å². The van der Waals surface area contributed by atoms with Gasteiger partial charge in [-0.2, -0.15) is 0 Å². The molecule has 0 aliphatic rings. The van der Waals surface area contributed by atoms with Crippen molar-refractivity contribution in [3.05, 3.63) is 60.2 Å². The Morgan fingerprint density at radius 1 is 0.840 bits per heavy atom. The molecule has 0 heterocycles. The van der Waals surface area contributed by atoms with Crippen LogP contribution in [-0.2, 0) is 6.42 Å². The number of unbranched alkanes of at least 4 members (excludes halogenated alkanes) is 5. The van der Waals surface area contributed by atoms with Crippen LogP contribution in [0.2, 0.25) is 0 Å². The molecule has 0 amide bonds. The maximum Gasteiger partial charge on any atom is 0.163 e. The number of methoxy groups -OCH3 is 2. The first-order valence-corrected chi connectivity index (χ1v) is 9.46. The van der Waals surface area contributed by atoms with E-state index in [1.54, 1.807) is 14.2 Å². The van der Waals surface area contributed by atoms with E-state index in [4.69, 9.17) is 9.47 Å². The minimum Gasteiger partial charge on any atom is -0.493 e. The van der Waals surface area contributed by atoms with Crippen LogP contribution in [0.5, 0.6) is 11.5 Å². The van der Waals surface area contributed by atoms with Crippen LogP contribution in [0.4, 0.5) is 0 Å². The van der Waals surface area contributed by atoms with Gasteiger partial charge in [-0.1, -0.05) is 67.9 Å². The highest BCUT2D eigenvalue weighted by Crippen LogP contribution is 2.31. The van der Waals surface area contributed by atoms with Crippen molar-refractivity contribution >= 4 is 0 Å². The lowest BCUT2D eigenvalue weighted by atomic mass is 10.0. The van der Waals surface area contributed by atoms with E-state index in [0.29, 0.717) is 0 Å². The van der Waals surface area contributed by atoms with Gasteiger partial charge in [0.2, 0.25) is 0 Å².